The molecule has 0 fully saturated rings. The van der Waals surface area contributed by atoms with Gasteiger partial charge in [0.1, 0.15) is 11.6 Å². The monoisotopic (exact) mass is 412 g/mol. The second-order valence-corrected chi connectivity index (χ2v) is 7.41. The van der Waals surface area contributed by atoms with E-state index in [1.807, 2.05) is 37.5 Å². The summed E-state index contributed by atoms with van der Waals surface area (Å²) in [6.45, 7) is 5.57. The van der Waals surface area contributed by atoms with Gasteiger partial charge in [-0.2, -0.15) is 0 Å². The first kappa shape index (κ1) is 19.1. The summed E-state index contributed by atoms with van der Waals surface area (Å²) >= 11 is 1.11. The summed E-state index contributed by atoms with van der Waals surface area (Å²) < 4.78 is 26.3. The Morgan fingerprint density at radius 1 is 1.17 bits per heavy atom. The lowest BCUT2D eigenvalue weighted by atomic mass is 10.2. The number of carbonyl (C=O) groups is 1. The van der Waals surface area contributed by atoms with Gasteiger partial charge in [-0.25, -0.2) is 4.39 Å². The molecule has 3 aromatic heterocycles. The largest absolute Gasteiger partial charge is 0.411 e. The molecule has 0 aliphatic heterocycles. The Bertz CT molecular complexity index is 1190. The second kappa shape index (κ2) is 7.67. The van der Waals surface area contributed by atoms with Crippen molar-refractivity contribution in [3.05, 3.63) is 64.9 Å². The molecule has 0 saturated heterocycles. The van der Waals surface area contributed by atoms with Crippen LogP contribution < -0.4 is 0 Å². The van der Waals surface area contributed by atoms with Crippen molar-refractivity contribution in [1.29, 1.82) is 0 Å². The average molecular weight is 412 g/mol. The number of thioether (sulfide) groups is 1. The molecule has 1 aromatic carbocycles. The highest BCUT2D eigenvalue weighted by Crippen LogP contribution is 2.27. The van der Waals surface area contributed by atoms with Gasteiger partial charge in [-0.3, -0.25) is 9.36 Å². The minimum atomic E-state index is -0.445. The molecule has 4 aromatic rings. The summed E-state index contributed by atoms with van der Waals surface area (Å²) in [4.78, 5) is 12.7. The van der Waals surface area contributed by atoms with Gasteiger partial charge in [0, 0.05) is 23.0 Å². The number of nitrogens with zero attached hydrogens (tertiary/aromatic N) is 4. The molecule has 9 heteroatoms. The Hall–Kier alpha value is -3.20. The van der Waals surface area contributed by atoms with Crippen molar-refractivity contribution in [2.75, 3.05) is 5.75 Å². The molecule has 0 saturated carbocycles. The van der Waals surface area contributed by atoms with Crippen molar-refractivity contribution in [2.45, 2.75) is 26.0 Å². The van der Waals surface area contributed by atoms with Gasteiger partial charge >= 0.3 is 0 Å². The van der Waals surface area contributed by atoms with E-state index in [0.717, 1.165) is 23.1 Å². The quantitative estimate of drug-likeness (QED) is 0.339. The maximum Gasteiger partial charge on any atom is 0.277 e. The first-order chi connectivity index (χ1) is 13.9. The van der Waals surface area contributed by atoms with Crippen LogP contribution in [0.1, 0.15) is 27.5 Å². The van der Waals surface area contributed by atoms with Gasteiger partial charge in [0.25, 0.3) is 11.1 Å². The van der Waals surface area contributed by atoms with Gasteiger partial charge in [0.05, 0.1) is 11.3 Å². The van der Waals surface area contributed by atoms with Crippen molar-refractivity contribution in [2.24, 2.45) is 0 Å². The van der Waals surface area contributed by atoms with Crippen LogP contribution in [0, 0.1) is 26.6 Å². The van der Waals surface area contributed by atoms with Crippen molar-refractivity contribution in [3.63, 3.8) is 0 Å². The average Bonchev–Trinajstić information content (AvgIpc) is 3.40. The molecule has 0 aliphatic carbocycles. The number of hydrogen-bond donors (Lipinski definition) is 0. The lowest BCUT2D eigenvalue weighted by Crippen LogP contribution is -2.05. The summed E-state index contributed by atoms with van der Waals surface area (Å²) in [7, 11) is 0. The van der Waals surface area contributed by atoms with Crippen molar-refractivity contribution in [1.82, 2.24) is 19.9 Å². The van der Waals surface area contributed by atoms with E-state index in [-0.39, 0.29) is 28.2 Å². The zero-order chi connectivity index (χ0) is 20.5. The van der Waals surface area contributed by atoms with E-state index < -0.39 is 5.82 Å². The molecule has 148 valence electrons. The van der Waals surface area contributed by atoms with Crippen LogP contribution in [0.4, 0.5) is 4.39 Å². The summed E-state index contributed by atoms with van der Waals surface area (Å²) in [5, 5.41) is 12.0. The summed E-state index contributed by atoms with van der Waals surface area (Å²) in [5.41, 5.74) is 2.47. The molecule has 0 bridgehead atoms. The molecular formula is C20H17FN4O3S. The molecule has 4 rings (SSSR count). The molecule has 29 heavy (non-hydrogen) atoms. The maximum absolute atomic E-state index is 13.8. The third-order valence-electron chi connectivity index (χ3n) is 4.41. The molecule has 7 nitrogen and oxygen atoms in total. The number of rotatable bonds is 6. The zero-order valence-corrected chi connectivity index (χ0v) is 16.8. The number of ketones is 1. The van der Waals surface area contributed by atoms with Gasteiger partial charge in [0.15, 0.2) is 11.6 Å². The topological polar surface area (TPSA) is 87.0 Å². The first-order valence-corrected chi connectivity index (χ1v) is 9.79. The third kappa shape index (κ3) is 3.73. The highest BCUT2D eigenvalue weighted by molar-refractivity contribution is 7.99. The first-order valence-electron chi connectivity index (χ1n) is 8.81. The van der Waals surface area contributed by atoms with Crippen LogP contribution in [0.5, 0.6) is 0 Å². The van der Waals surface area contributed by atoms with Crippen molar-refractivity contribution < 1.29 is 18.1 Å². The second-order valence-electron chi connectivity index (χ2n) is 6.48. The van der Waals surface area contributed by atoms with E-state index in [1.54, 1.807) is 18.2 Å². The Kier molecular flexibility index (Phi) is 5.06. The Morgan fingerprint density at radius 2 is 1.97 bits per heavy atom. The lowest BCUT2D eigenvalue weighted by molar-refractivity contribution is 0.102. The fourth-order valence-electron chi connectivity index (χ4n) is 3.07. The molecular weight excluding hydrogens is 395 g/mol. The van der Waals surface area contributed by atoms with E-state index in [4.69, 9.17) is 8.94 Å². The molecule has 0 spiro atoms. The smallest absolute Gasteiger partial charge is 0.277 e. The third-order valence-corrected chi connectivity index (χ3v) is 5.23. The molecule has 0 amide bonds. The molecule has 0 atom stereocenters. The van der Waals surface area contributed by atoms with E-state index in [0.29, 0.717) is 17.1 Å². The van der Waals surface area contributed by atoms with Crippen LogP contribution in [0.15, 0.2) is 50.6 Å². The van der Waals surface area contributed by atoms with Crippen LogP contribution >= 0.6 is 11.8 Å². The maximum atomic E-state index is 13.8. The van der Waals surface area contributed by atoms with E-state index in [9.17, 15) is 9.18 Å². The molecule has 0 N–H and O–H groups in total. The number of hydrogen-bond acceptors (Lipinski definition) is 7. The number of halogens is 1. The van der Waals surface area contributed by atoms with Crippen LogP contribution in [0.25, 0.3) is 17.3 Å². The number of aromatic nitrogens is 4. The lowest BCUT2D eigenvalue weighted by Gasteiger charge is -2.04. The Balaban J connectivity index is 1.49. The number of Topliss-reactive ketones (excluding diaryl/α,β-unsaturated/α-hetero) is 1. The fraction of sp³-hybridized carbons (Fsp3) is 0.200. The zero-order valence-electron chi connectivity index (χ0n) is 16.0. The Morgan fingerprint density at radius 3 is 2.69 bits per heavy atom. The molecule has 0 aliphatic rings. The van der Waals surface area contributed by atoms with Gasteiger partial charge < -0.3 is 8.94 Å². The standard InChI is InChI=1S/C20H17FN4O3S/c1-11-8-15(13(3)25(11)18-9-12(2)28-24-18)17(26)10-29-20-23-22-19(27-20)14-6-4-5-7-16(14)21/h4-9H,10H2,1-3H3. The van der Waals surface area contributed by atoms with E-state index in [1.165, 1.54) is 6.07 Å². The fourth-order valence-corrected chi connectivity index (χ4v) is 3.72. The Labute approximate surface area is 169 Å². The minimum Gasteiger partial charge on any atom is -0.411 e. The molecule has 0 unspecified atom stereocenters. The van der Waals surface area contributed by atoms with Gasteiger partial charge in [-0.1, -0.05) is 29.1 Å². The predicted octanol–water partition coefficient (Wildman–Crippen LogP) is 4.55. The van der Waals surface area contributed by atoms with Gasteiger partial charge in [-0.15, -0.1) is 10.2 Å². The summed E-state index contributed by atoms with van der Waals surface area (Å²) in [6, 6.07) is 9.78. The molecule has 3 heterocycles. The highest BCUT2D eigenvalue weighted by Gasteiger charge is 2.20. The van der Waals surface area contributed by atoms with Crippen LogP contribution in [-0.2, 0) is 0 Å². The number of carbonyl (C=O) groups excluding carboxylic acids is 1. The molecule has 0 radical (unpaired) electrons. The van der Waals surface area contributed by atoms with Crippen LogP contribution in [0.3, 0.4) is 0 Å². The van der Waals surface area contributed by atoms with Gasteiger partial charge in [-0.05, 0) is 39.0 Å². The SMILES string of the molecule is Cc1cc(-n2c(C)cc(C(=O)CSc3nnc(-c4ccccc4F)o3)c2C)no1. The predicted molar refractivity (Wildman–Crippen MR) is 105 cm³/mol. The van der Waals surface area contributed by atoms with Gasteiger partial charge in [0.2, 0.25) is 0 Å². The van der Waals surface area contributed by atoms with Crippen LogP contribution in [-0.4, -0.2) is 31.5 Å². The van der Waals surface area contributed by atoms with Crippen LogP contribution in [0.2, 0.25) is 0 Å². The van der Waals surface area contributed by atoms with E-state index in [2.05, 4.69) is 15.4 Å². The normalized spacial score (nSPS) is 11.2. The summed E-state index contributed by atoms with van der Waals surface area (Å²) in [5.74, 6) is 0.992. The number of aryl methyl sites for hydroxylation is 2. The highest BCUT2D eigenvalue weighted by atomic mass is 32.2. The van der Waals surface area contributed by atoms with Crippen molar-refractivity contribution in [3.8, 4) is 17.3 Å². The summed E-state index contributed by atoms with van der Waals surface area (Å²) in [6.07, 6.45) is 0. The van der Waals surface area contributed by atoms with Crippen molar-refractivity contribution >= 4 is 17.5 Å². The van der Waals surface area contributed by atoms with E-state index >= 15 is 0 Å². The minimum absolute atomic E-state index is 0.0811. The number of benzene rings is 1.